The molecule has 2 aromatic carbocycles. The van der Waals surface area contributed by atoms with Gasteiger partial charge in [-0.05, 0) is 44.9 Å². The van der Waals surface area contributed by atoms with Crippen molar-refractivity contribution in [2.24, 2.45) is 0 Å². The van der Waals surface area contributed by atoms with E-state index in [0.717, 1.165) is 22.4 Å². The highest BCUT2D eigenvalue weighted by Crippen LogP contribution is 2.32. The number of amides is 1. The summed E-state index contributed by atoms with van der Waals surface area (Å²) in [5.41, 5.74) is 5.50. The van der Waals surface area contributed by atoms with Crippen LogP contribution in [0, 0.1) is 27.7 Å². The van der Waals surface area contributed by atoms with E-state index in [0.29, 0.717) is 27.6 Å². The van der Waals surface area contributed by atoms with E-state index in [9.17, 15) is 4.79 Å². The van der Waals surface area contributed by atoms with Gasteiger partial charge < -0.3 is 9.84 Å². The van der Waals surface area contributed by atoms with E-state index in [-0.39, 0.29) is 5.91 Å². The highest BCUT2D eigenvalue weighted by atomic mass is 35.5. The number of hydrogen-bond donors (Lipinski definition) is 1. The fourth-order valence-corrected chi connectivity index (χ4v) is 3.26. The Kier molecular flexibility index (Phi) is 4.64. The number of rotatable bonds is 3. The molecule has 1 aromatic heterocycles. The molecule has 5 heteroatoms. The SMILES string of the molecule is Cc1cc(C)c(NC(=O)c2c(-c3ccccc3Cl)noc2C)c(C)c1. The van der Waals surface area contributed by atoms with E-state index in [1.165, 1.54) is 0 Å². The molecule has 0 aliphatic carbocycles. The lowest BCUT2D eigenvalue weighted by Gasteiger charge is -2.13. The molecule has 3 rings (SSSR count). The number of nitrogens with zero attached hydrogens (tertiary/aromatic N) is 1. The van der Waals surface area contributed by atoms with E-state index in [2.05, 4.69) is 10.5 Å². The number of aryl methyl sites for hydroxylation is 4. The van der Waals surface area contributed by atoms with Gasteiger partial charge in [0.1, 0.15) is 17.0 Å². The van der Waals surface area contributed by atoms with Gasteiger partial charge in [0.25, 0.3) is 5.91 Å². The fraction of sp³-hybridized carbons (Fsp3) is 0.200. The molecule has 1 N–H and O–H groups in total. The first-order chi connectivity index (χ1) is 11.9. The molecular formula is C20H19ClN2O2. The Hall–Kier alpha value is -2.59. The van der Waals surface area contributed by atoms with Gasteiger partial charge in [-0.2, -0.15) is 0 Å². The van der Waals surface area contributed by atoms with Gasteiger partial charge in [-0.15, -0.1) is 0 Å². The molecule has 0 bridgehead atoms. The zero-order chi connectivity index (χ0) is 18.1. The molecule has 0 aliphatic heterocycles. The van der Waals surface area contributed by atoms with Crippen molar-refractivity contribution >= 4 is 23.2 Å². The minimum atomic E-state index is -0.260. The topological polar surface area (TPSA) is 55.1 Å². The quantitative estimate of drug-likeness (QED) is 0.677. The van der Waals surface area contributed by atoms with Crippen LogP contribution in [0.3, 0.4) is 0 Å². The zero-order valence-electron chi connectivity index (χ0n) is 14.6. The Bertz CT molecular complexity index is 937. The predicted molar refractivity (Wildman–Crippen MR) is 100 cm³/mol. The van der Waals surface area contributed by atoms with E-state index < -0.39 is 0 Å². The summed E-state index contributed by atoms with van der Waals surface area (Å²) in [5, 5.41) is 7.57. The molecule has 1 amide bonds. The maximum absolute atomic E-state index is 12.9. The maximum atomic E-state index is 12.9. The summed E-state index contributed by atoms with van der Waals surface area (Å²) in [6.07, 6.45) is 0. The Balaban J connectivity index is 2.02. The summed E-state index contributed by atoms with van der Waals surface area (Å²) in [6, 6.07) is 11.3. The number of carbonyl (C=O) groups excluding carboxylic acids is 1. The Morgan fingerprint density at radius 2 is 1.72 bits per heavy atom. The van der Waals surface area contributed by atoms with Crippen LogP contribution in [-0.4, -0.2) is 11.1 Å². The van der Waals surface area contributed by atoms with Gasteiger partial charge in [-0.3, -0.25) is 4.79 Å². The molecule has 0 atom stereocenters. The van der Waals surface area contributed by atoms with Crippen molar-refractivity contribution in [3.05, 3.63) is 69.4 Å². The molecule has 0 aliphatic rings. The van der Waals surface area contributed by atoms with Crippen LogP contribution in [0.25, 0.3) is 11.3 Å². The minimum absolute atomic E-state index is 0.260. The van der Waals surface area contributed by atoms with Gasteiger partial charge >= 0.3 is 0 Å². The average molecular weight is 355 g/mol. The Morgan fingerprint density at radius 1 is 1.08 bits per heavy atom. The number of halogens is 1. The summed E-state index contributed by atoms with van der Waals surface area (Å²) in [7, 11) is 0. The van der Waals surface area contributed by atoms with E-state index in [1.54, 1.807) is 13.0 Å². The van der Waals surface area contributed by atoms with Gasteiger partial charge in [0, 0.05) is 11.3 Å². The van der Waals surface area contributed by atoms with E-state index in [4.69, 9.17) is 16.1 Å². The maximum Gasteiger partial charge on any atom is 0.261 e. The minimum Gasteiger partial charge on any atom is -0.360 e. The molecule has 0 radical (unpaired) electrons. The smallest absolute Gasteiger partial charge is 0.261 e. The number of hydrogen-bond acceptors (Lipinski definition) is 3. The number of anilines is 1. The van der Waals surface area contributed by atoms with Gasteiger partial charge in [-0.25, -0.2) is 0 Å². The molecule has 0 spiro atoms. The van der Waals surface area contributed by atoms with Crippen LogP contribution < -0.4 is 5.32 Å². The second-order valence-corrected chi connectivity index (χ2v) is 6.58. The van der Waals surface area contributed by atoms with E-state index >= 15 is 0 Å². The number of benzene rings is 2. The van der Waals surface area contributed by atoms with Crippen LogP contribution in [0.4, 0.5) is 5.69 Å². The number of nitrogens with one attached hydrogen (secondary N) is 1. The molecule has 1 heterocycles. The third-order valence-corrected chi connectivity index (χ3v) is 4.46. The first-order valence-corrected chi connectivity index (χ1v) is 8.36. The van der Waals surface area contributed by atoms with Crippen LogP contribution in [0.2, 0.25) is 5.02 Å². The highest BCUT2D eigenvalue weighted by molar-refractivity contribution is 6.33. The molecule has 4 nitrogen and oxygen atoms in total. The van der Waals surface area contributed by atoms with Crippen LogP contribution in [0.1, 0.15) is 32.8 Å². The van der Waals surface area contributed by atoms with Gasteiger partial charge in [0.05, 0.1) is 5.02 Å². The first-order valence-electron chi connectivity index (χ1n) is 7.99. The summed E-state index contributed by atoms with van der Waals surface area (Å²) in [6.45, 7) is 7.71. The van der Waals surface area contributed by atoms with E-state index in [1.807, 2.05) is 51.1 Å². The second-order valence-electron chi connectivity index (χ2n) is 6.17. The molecule has 128 valence electrons. The standard InChI is InChI=1S/C20H19ClN2O2/c1-11-9-12(2)18(13(3)10-11)22-20(24)17-14(4)25-23-19(17)15-7-5-6-8-16(15)21/h5-10H,1-4H3,(H,22,24). The number of aromatic nitrogens is 1. The van der Waals surface area contributed by atoms with Crippen molar-refractivity contribution in [3.63, 3.8) is 0 Å². The van der Waals surface area contributed by atoms with Crippen molar-refractivity contribution < 1.29 is 9.32 Å². The summed E-state index contributed by atoms with van der Waals surface area (Å²) < 4.78 is 5.27. The third kappa shape index (κ3) is 3.30. The predicted octanol–water partition coefficient (Wildman–Crippen LogP) is 5.48. The lowest BCUT2D eigenvalue weighted by Crippen LogP contribution is -2.15. The fourth-order valence-electron chi connectivity index (χ4n) is 3.03. The van der Waals surface area contributed by atoms with Crippen LogP contribution >= 0.6 is 11.6 Å². The molecule has 0 saturated carbocycles. The summed E-state index contributed by atoms with van der Waals surface area (Å²) >= 11 is 6.26. The van der Waals surface area contributed by atoms with Crippen LogP contribution in [0.5, 0.6) is 0 Å². The molecular weight excluding hydrogens is 336 g/mol. The van der Waals surface area contributed by atoms with Gasteiger partial charge in [-0.1, -0.05) is 52.7 Å². The lowest BCUT2D eigenvalue weighted by atomic mass is 10.0. The first kappa shape index (κ1) is 17.2. The number of carbonyl (C=O) groups is 1. The van der Waals surface area contributed by atoms with Crippen molar-refractivity contribution in [2.75, 3.05) is 5.32 Å². The van der Waals surface area contributed by atoms with Crippen molar-refractivity contribution in [1.82, 2.24) is 5.16 Å². The van der Waals surface area contributed by atoms with Gasteiger partial charge in [0.15, 0.2) is 0 Å². The van der Waals surface area contributed by atoms with Crippen molar-refractivity contribution in [3.8, 4) is 11.3 Å². The largest absolute Gasteiger partial charge is 0.360 e. The van der Waals surface area contributed by atoms with Crippen molar-refractivity contribution in [1.29, 1.82) is 0 Å². The van der Waals surface area contributed by atoms with Gasteiger partial charge in [0.2, 0.25) is 0 Å². The highest BCUT2D eigenvalue weighted by Gasteiger charge is 2.23. The normalized spacial score (nSPS) is 10.8. The molecule has 0 fully saturated rings. The molecule has 25 heavy (non-hydrogen) atoms. The van der Waals surface area contributed by atoms with Crippen LogP contribution in [-0.2, 0) is 0 Å². The molecule has 0 saturated heterocycles. The average Bonchev–Trinajstić information content (AvgIpc) is 2.92. The zero-order valence-corrected chi connectivity index (χ0v) is 15.4. The lowest BCUT2D eigenvalue weighted by molar-refractivity contribution is 0.102. The Morgan fingerprint density at radius 3 is 2.36 bits per heavy atom. The van der Waals surface area contributed by atoms with Crippen molar-refractivity contribution in [2.45, 2.75) is 27.7 Å². The Labute approximate surface area is 151 Å². The molecule has 0 unspecified atom stereocenters. The summed E-state index contributed by atoms with van der Waals surface area (Å²) in [4.78, 5) is 12.9. The third-order valence-electron chi connectivity index (χ3n) is 4.13. The molecule has 3 aromatic rings. The second kappa shape index (κ2) is 6.73. The summed E-state index contributed by atoms with van der Waals surface area (Å²) in [5.74, 6) is 0.193. The monoisotopic (exact) mass is 354 g/mol. The van der Waals surface area contributed by atoms with Crippen LogP contribution in [0.15, 0.2) is 40.9 Å².